The van der Waals surface area contributed by atoms with Gasteiger partial charge >= 0.3 is 0 Å². The zero-order valence-electron chi connectivity index (χ0n) is 79.5. The van der Waals surface area contributed by atoms with Crippen molar-refractivity contribution >= 4 is 204 Å². The first-order chi connectivity index (χ1) is 71.7. The summed E-state index contributed by atoms with van der Waals surface area (Å²) in [4.78, 5) is 7.32. The van der Waals surface area contributed by atoms with Crippen LogP contribution < -0.4 is 20.4 Å². The molecule has 2 N–H and O–H groups in total. The summed E-state index contributed by atoms with van der Waals surface area (Å²) in [5, 5.41) is 14.4. The first-order valence-corrected chi connectivity index (χ1v) is 50.2. The second-order valence-electron chi connectivity index (χ2n) is 37.2. The van der Waals surface area contributed by atoms with E-state index in [9.17, 15) is 0 Å². The average Bonchev–Trinajstić information content (AvgIpc) is 1.61. The van der Waals surface area contributed by atoms with E-state index in [2.05, 4.69) is 581 Å². The molecule has 0 aliphatic heterocycles. The molecule has 0 saturated carbocycles. The number of hydrogen-bond donors (Lipinski definition) is 1. The van der Waals surface area contributed by atoms with Crippen LogP contribution in [0.2, 0.25) is 0 Å². The van der Waals surface area contributed by atoms with Gasteiger partial charge in [0.2, 0.25) is 0 Å². The number of halogens is 1. The van der Waals surface area contributed by atoms with Crippen molar-refractivity contribution in [2.75, 3.05) is 20.4 Å². The van der Waals surface area contributed by atoms with Crippen LogP contribution in [0.4, 0.5) is 56.9 Å². The normalized spacial score (nSPS) is 11.6. The number of aryl methyl sites for hydroxylation is 1. The van der Waals surface area contributed by atoms with Crippen molar-refractivity contribution in [3.8, 4) is 34.1 Å². The fraction of sp³-hybridized carbons (Fsp3) is 0.0149. The van der Waals surface area contributed by atoms with Crippen LogP contribution in [-0.4, -0.2) is 27.4 Å². The summed E-state index contributed by atoms with van der Waals surface area (Å²) in [5.74, 6) is 0. The first-order valence-electron chi connectivity index (χ1n) is 49.4. The minimum absolute atomic E-state index is 0.822. The number of nitrogen functional groups attached to an aromatic ring is 1. The van der Waals surface area contributed by atoms with Gasteiger partial charge in [-0.15, -0.1) is 0 Å². The van der Waals surface area contributed by atoms with Gasteiger partial charge in [-0.2, -0.15) is 0 Å². The second kappa shape index (κ2) is 36.8. The molecule has 0 atom stereocenters. The third-order valence-corrected chi connectivity index (χ3v) is 29.0. The Kier molecular flexibility index (Phi) is 22.0. The van der Waals surface area contributed by atoms with E-state index in [-0.39, 0.29) is 0 Å². The number of benzene rings is 22. The maximum Gasteiger partial charge on any atom is 0.0542 e. The number of nitrogens with zero attached hydrogens (tertiary/aromatic N) is 9. The standard InChI is InChI=1S/C102H68N8.C18H12BrN.C14H15N/c1-6-26-69(27-7-1)106-93-41-21-16-36-83(93)88-64-78(54-59-98(88)106)103(74-46-50-76(51-47-74)104(79-55-60-99-89(65-79)84-37-17-22-42-94(84)107(99)70-28-8-2-9-29-70)80-56-61-100-90(66-80)85-38-18-23-43-95(85)108(100)71-30-10-3-11-31-71)75-48-52-77(53-49-75)105(81-57-62-101-91(67-81)86-39-19-24-44-96(86)109(101)72-32-12-4-13-33-72)82-58-63-102-92(68-82)87-40-20-25-45-97(87)110(102)73-34-14-5-15-35-73;19-13-10-11-18-16(12-13)15-8-4-5-9-17(15)20(18)14-6-2-1-3-7-14;1-11-2-4-12(5-3-11)10-13-6-8-14(15)9-7-13/h1-68H;1-12H;2-9H,10,15H2,1H3. The lowest BCUT2D eigenvalue weighted by atomic mass is 10.0. The summed E-state index contributed by atoms with van der Waals surface area (Å²) >= 11 is 3.57. The molecule has 10 nitrogen and oxygen atoms in total. The van der Waals surface area contributed by atoms with Gasteiger partial charge in [0, 0.05) is 160 Å². The highest BCUT2D eigenvalue weighted by Gasteiger charge is 2.27. The summed E-state index contributed by atoms with van der Waals surface area (Å²) < 4.78 is 15.4. The van der Waals surface area contributed by atoms with Gasteiger partial charge in [0.05, 0.1) is 66.2 Å². The minimum Gasteiger partial charge on any atom is -0.399 e. The van der Waals surface area contributed by atoms with E-state index in [1.165, 1.54) is 98.0 Å². The van der Waals surface area contributed by atoms with Crippen LogP contribution in [0.25, 0.3) is 165 Å². The molecule has 6 heterocycles. The molecule has 0 radical (unpaired) electrons. The van der Waals surface area contributed by atoms with Crippen molar-refractivity contribution in [3.63, 3.8) is 0 Å². The highest BCUT2D eigenvalue weighted by molar-refractivity contribution is 9.10. The molecule has 0 aliphatic rings. The third-order valence-electron chi connectivity index (χ3n) is 28.5. The number of nitrogens with two attached hydrogens (primary N) is 1. The van der Waals surface area contributed by atoms with Crippen LogP contribution in [0, 0.1) is 6.92 Å². The van der Waals surface area contributed by atoms with E-state index < -0.39 is 0 Å². The Hall–Kier alpha value is -18.7. The van der Waals surface area contributed by atoms with Crippen molar-refractivity contribution in [3.05, 3.63) is 555 Å². The molecule has 28 rings (SSSR count). The zero-order chi connectivity index (χ0) is 96.5. The molecule has 6 aromatic heterocycles. The number of aromatic nitrogens is 6. The smallest absolute Gasteiger partial charge is 0.0542 e. The third kappa shape index (κ3) is 15.6. The van der Waals surface area contributed by atoms with Gasteiger partial charge in [0.15, 0.2) is 0 Å². The molecule has 0 saturated heterocycles. The van der Waals surface area contributed by atoms with Crippen LogP contribution in [0.15, 0.2) is 538 Å². The molecule has 28 aromatic rings. The maximum atomic E-state index is 5.64. The zero-order valence-corrected chi connectivity index (χ0v) is 81.1. The quantitative estimate of drug-likeness (QED) is 0.0923. The van der Waals surface area contributed by atoms with E-state index in [0.29, 0.717) is 0 Å². The summed E-state index contributed by atoms with van der Waals surface area (Å²) in [6.45, 7) is 2.10. The molecule has 11 heteroatoms. The lowest BCUT2D eigenvalue weighted by molar-refractivity contribution is 1.18. The fourth-order valence-corrected chi connectivity index (χ4v) is 22.4. The van der Waals surface area contributed by atoms with Crippen LogP contribution in [0.3, 0.4) is 0 Å². The van der Waals surface area contributed by atoms with E-state index in [0.717, 1.165) is 151 Å². The Morgan fingerprint density at radius 1 is 0.172 bits per heavy atom. The second-order valence-corrected chi connectivity index (χ2v) is 38.2. The SMILES string of the molecule is Brc1ccc2c(c1)c1ccccc1n2-c1ccccc1.Cc1ccc(Cc2ccc(N)cc2)cc1.c1ccc(-n2c3ccccc3c3cc(N(c4ccc(N(c5ccc6c(c5)c5ccccc5n6-c5ccccc5)c5ccc6c(c5)c5ccccc5n6-c5ccccc5)cc4)c4ccc(N(c5ccc6c(c5)c5ccccc5n6-c5ccccc5)c5ccc6c(c5)c5ccccc5n6-c5ccccc5)cc4)ccc32)cc1. The van der Waals surface area contributed by atoms with E-state index >= 15 is 0 Å². The maximum absolute atomic E-state index is 5.64. The molecule has 145 heavy (non-hydrogen) atoms. The Labute approximate surface area is 847 Å². The summed E-state index contributed by atoms with van der Waals surface area (Å²) in [5.41, 5.74) is 40.5. The average molecular weight is 1930 g/mol. The molecular weight excluding hydrogens is 1830 g/mol. The van der Waals surface area contributed by atoms with Crippen molar-refractivity contribution in [1.82, 2.24) is 27.4 Å². The fourth-order valence-electron chi connectivity index (χ4n) is 22.0. The lowest BCUT2D eigenvalue weighted by Gasteiger charge is -2.30. The highest BCUT2D eigenvalue weighted by Crippen LogP contribution is 2.50. The topological polar surface area (TPSA) is 65.3 Å². The van der Waals surface area contributed by atoms with E-state index in [1.807, 2.05) is 18.2 Å². The minimum atomic E-state index is 0.822. The van der Waals surface area contributed by atoms with Crippen molar-refractivity contribution in [2.24, 2.45) is 0 Å². The number of anilines is 10. The van der Waals surface area contributed by atoms with Crippen LogP contribution in [-0.2, 0) is 6.42 Å². The monoisotopic (exact) mass is 1920 g/mol. The molecule has 0 fully saturated rings. The molecule has 0 unspecified atom stereocenters. The Bertz CT molecular complexity index is 9010. The van der Waals surface area contributed by atoms with Gasteiger partial charge in [-0.25, -0.2) is 0 Å². The summed E-state index contributed by atoms with van der Waals surface area (Å²) in [6, 6.07) is 193. The van der Waals surface area contributed by atoms with Crippen molar-refractivity contribution < 1.29 is 0 Å². The molecule has 0 bridgehead atoms. The molecule has 22 aromatic carbocycles. The first kappa shape index (κ1) is 86.6. The van der Waals surface area contributed by atoms with Gasteiger partial charge in [0.1, 0.15) is 0 Å². The van der Waals surface area contributed by atoms with Crippen molar-refractivity contribution in [2.45, 2.75) is 13.3 Å². The predicted octanol–water partition coefficient (Wildman–Crippen LogP) is 36.3. The number of hydrogen-bond acceptors (Lipinski definition) is 4. The Morgan fingerprint density at radius 2 is 0.352 bits per heavy atom. The number of para-hydroxylation sites is 12. The van der Waals surface area contributed by atoms with Gasteiger partial charge in [0.25, 0.3) is 0 Å². The Balaban J connectivity index is 0.000000255. The van der Waals surface area contributed by atoms with Crippen molar-refractivity contribution in [1.29, 1.82) is 0 Å². The van der Waals surface area contributed by atoms with Gasteiger partial charge < -0.3 is 47.8 Å². The molecular formula is C134H95BrN10. The summed E-state index contributed by atoms with van der Waals surface area (Å²) in [7, 11) is 0. The van der Waals surface area contributed by atoms with Gasteiger partial charge in [-0.3, -0.25) is 0 Å². The molecule has 0 spiro atoms. The van der Waals surface area contributed by atoms with Gasteiger partial charge in [-0.05, 0) is 304 Å². The molecule has 688 valence electrons. The molecule has 0 aliphatic carbocycles. The molecule has 0 amide bonds. The van der Waals surface area contributed by atoms with Crippen LogP contribution in [0.1, 0.15) is 16.7 Å². The van der Waals surface area contributed by atoms with E-state index in [1.54, 1.807) is 0 Å². The lowest BCUT2D eigenvalue weighted by Crippen LogP contribution is -2.13. The van der Waals surface area contributed by atoms with E-state index in [4.69, 9.17) is 5.73 Å². The largest absolute Gasteiger partial charge is 0.399 e. The van der Waals surface area contributed by atoms with Crippen LogP contribution in [0.5, 0.6) is 0 Å². The Morgan fingerprint density at radius 3 is 0.586 bits per heavy atom. The number of fused-ring (bicyclic) bond motifs is 18. The summed E-state index contributed by atoms with van der Waals surface area (Å²) in [6.07, 6.45) is 0.973. The van der Waals surface area contributed by atoms with Crippen LogP contribution >= 0.6 is 15.9 Å². The predicted molar refractivity (Wildman–Crippen MR) is 616 cm³/mol. The highest BCUT2D eigenvalue weighted by atomic mass is 79.9. The van der Waals surface area contributed by atoms with Gasteiger partial charge in [-0.1, -0.05) is 276 Å². The number of rotatable bonds is 17.